The molecule has 1 aliphatic heterocycles. The normalized spacial score (nSPS) is 13.4. The van der Waals surface area contributed by atoms with E-state index in [2.05, 4.69) is 23.0 Å². The highest BCUT2D eigenvalue weighted by Crippen LogP contribution is 2.39. The molecule has 98 valence electrons. The predicted molar refractivity (Wildman–Crippen MR) is 77.5 cm³/mol. The molecular weight excluding hydrogens is 280 g/mol. The molecule has 0 spiro atoms. The second-order valence-corrected chi connectivity index (χ2v) is 5.99. The molecule has 2 heterocycles. The number of aromatic nitrogens is 2. The average Bonchev–Trinajstić information content (AvgIpc) is 2.80. The number of ether oxygens (including phenoxy) is 1. The van der Waals surface area contributed by atoms with Gasteiger partial charge in [-0.1, -0.05) is 17.7 Å². The van der Waals surface area contributed by atoms with Gasteiger partial charge < -0.3 is 4.74 Å². The van der Waals surface area contributed by atoms with E-state index in [1.54, 1.807) is 11.8 Å². The van der Waals surface area contributed by atoms with E-state index in [9.17, 15) is 0 Å². The second-order valence-electron chi connectivity index (χ2n) is 4.54. The van der Waals surface area contributed by atoms with Crippen molar-refractivity contribution in [2.24, 2.45) is 0 Å². The van der Waals surface area contributed by atoms with Crippen LogP contribution in [0.5, 0.6) is 11.6 Å². The van der Waals surface area contributed by atoms with Crippen LogP contribution in [-0.2, 0) is 6.42 Å². The number of halogens is 1. The average molecular weight is 293 g/mol. The maximum Gasteiger partial charge on any atom is 0.237 e. The molecule has 3 rings (SSSR count). The summed E-state index contributed by atoms with van der Waals surface area (Å²) in [5, 5.41) is 0.251. The van der Waals surface area contributed by atoms with E-state index in [4.69, 9.17) is 16.3 Å². The highest BCUT2D eigenvalue weighted by atomic mass is 35.5. The van der Waals surface area contributed by atoms with Crippen molar-refractivity contribution in [3.63, 3.8) is 0 Å². The Balaban J connectivity index is 1.99. The van der Waals surface area contributed by atoms with E-state index in [1.807, 2.05) is 19.1 Å². The van der Waals surface area contributed by atoms with Gasteiger partial charge in [0.1, 0.15) is 5.75 Å². The van der Waals surface area contributed by atoms with Crippen LogP contribution in [-0.4, -0.2) is 15.7 Å². The van der Waals surface area contributed by atoms with Crippen molar-refractivity contribution in [1.82, 2.24) is 9.97 Å². The zero-order chi connectivity index (χ0) is 13.4. The van der Waals surface area contributed by atoms with Crippen LogP contribution in [0.15, 0.2) is 23.1 Å². The number of thioether (sulfide) groups is 1. The summed E-state index contributed by atoms with van der Waals surface area (Å²) in [7, 11) is 0. The molecule has 2 aromatic rings. The minimum atomic E-state index is 0.251. The van der Waals surface area contributed by atoms with Crippen molar-refractivity contribution >= 4 is 23.4 Å². The van der Waals surface area contributed by atoms with Crippen LogP contribution in [0.4, 0.5) is 0 Å². The Morgan fingerprint density at radius 3 is 2.89 bits per heavy atom. The summed E-state index contributed by atoms with van der Waals surface area (Å²) < 4.78 is 5.93. The lowest BCUT2D eigenvalue weighted by Crippen LogP contribution is -1.97. The highest BCUT2D eigenvalue weighted by molar-refractivity contribution is 7.99. The Hall–Kier alpha value is -1.26. The van der Waals surface area contributed by atoms with Crippen molar-refractivity contribution in [3.8, 4) is 11.6 Å². The molecule has 0 saturated heterocycles. The smallest absolute Gasteiger partial charge is 0.237 e. The minimum Gasteiger partial charge on any atom is -0.437 e. The van der Waals surface area contributed by atoms with Gasteiger partial charge in [0.2, 0.25) is 11.2 Å². The summed E-state index contributed by atoms with van der Waals surface area (Å²) in [6.45, 7) is 4.09. The molecule has 0 fully saturated rings. The molecule has 1 aromatic heterocycles. The number of aryl methyl sites for hydroxylation is 3. The lowest BCUT2D eigenvalue weighted by molar-refractivity contribution is 0.444. The summed E-state index contributed by atoms with van der Waals surface area (Å²) in [5.41, 5.74) is 3.29. The van der Waals surface area contributed by atoms with Crippen LogP contribution in [0.1, 0.15) is 16.8 Å². The maximum atomic E-state index is 5.95. The summed E-state index contributed by atoms with van der Waals surface area (Å²) >= 11 is 7.67. The molecule has 0 N–H and O–H groups in total. The largest absolute Gasteiger partial charge is 0.437 e. The summed E-state index contributed by atoms with van der Waals surface area (Å²) in [4.78, 5) is 9.48. The lowest BCUT2D eigenvalue weighted by atomic mass is 10.1. The van der Waals surface area contributed by atoms with Gasteiger partial charge in [-0.25, -0.2) is 4.98 Å². The number of benzene rings is 1. The molecule has 0 bridgehead atoms. The quantitative estimate of drug-likeness (QED) is 0.778. The number of hydrogen-bond acceptors (Lipinski definition) is 4. The molecule has 0 atom stereocenters. The van der Waals surface area contributed by atoms with Crippen molar-refractivity contribution in [2.45, 2.75) is 25.2 Å². The molecule has 0 unspecified atom stereocenters. The topological polar surface area (TPSA) is 35.0 Å². The third-order valence-corrected chi connectivity index (χ3v) is 4.28. The fourth-order valence-electron chi connectivity index (χ4n) is 2.10. The van der Waals surface area contributed by atoms with E-state index in [1.165, 1.54) is 5.56 Å². The third kappa shape index (κ3) is 2.55. The first-order chi connectivity index (χ1) is 9.13. The molecule has 1 aromatic carbocycles. The van der Waals surface area contributed by atoms with Gasteiger partial charge in [-0.3, -0.25) is 0 Å². The maximum absolute atomic E-state index is 5.95. The Morgan fingerprint density at radius 2 is 2.11 bits per heavy atom. The molecule has 0 amide bonds. The molecule has 0 saturated carbocycles. The van der Waals surface area contributed by atoms with Crippen molar-refractivity contribution in [3.05, 3.63) is 40.3 Å². The van der Waals surface area contributed by atoms with Gasteiger partial charge in [0, 0.05) is 12.2 Å². The zero-order valence-corrected chi connectivity index (χ0v) is 12.3. The van der Waals surface area contributed by atoms with E-state index < -0.39 is 0 Å². The zero-order valence-electron chi connectivity index (χ0n) is 10.7. The van der Waals surface area contributed by atoms with Gasteiger partial charge >= 0.3 is 0 Å². The molecule has 1 aliphatic rings. The van der Waals surface area contributed by atoms with Gasteiger partial charge in [-0.15, -0.1) is 11.8 Å². The Morgan fingerprint density at radius 1 is 1.26 bits per heavy atom. The van der Waals surface area contributed by atoms with E-state index in [0.29, 0.717) is 5.88 Å². The fourth-order valence-corrected chi connectivity index (χ4v) is 3.30. The molecular formula is C14H13ClN2OS. The Labute approximate surface area is 121 Å². The van der Waals surface area contributed by atoms with Crippen LogP contribution >= 0.6 is 23.4 Å². The third-order valence-electron chi connectivity index (χ3n) is 3.00. The first kappa shape index (κ1) is 12.8. The summed E-state index contributed by atoms with van der Waals surface area (Å²) in [6.07, 6.45) is 0.922. The summed E-state index contributed by atoms with van der Waals surface area (Å²) in [5.74, 6) is 2.40. The molecule has 3 nitrogen and oxygen atoms in total. The molecule has 5 heteroatoms. The first-order valence-electron chi connectivity index (χ1n) is 6.08. The van der Waals surface area contributed by atoms with Crippen LogP contribution in [0.2, 0.25) is 5.28 Å². The second kappa shape index (κ2) is 5.02. The molecule has 0 radical (unpaired) electrons. The van der Waals surface area contributed by atoms with Crippen LogP contribution in [0, 0.1) is 13.8 Å². The number of fused-ring (bicyclic) bond motifs is 1. The molecule has 0 aliphatic carbocycles. The first-order valence-corrected chi connectivity index (χ1v) is 7.44. The van der Waals surface area contributed by atoms with Crippen LogP contribution in [0.3, 0.4) is 0 Å². The van der Waals surface area contributed by atoms with Gasteiger partial charge in [-0.05, 0) is 37.1 Å². The minimum absolute atomic E-state index is 0.251. The van der Waals surface area contributed by atoms with E-state index >= 15 is 0 Å². The lowest BCUT2D eigenvalue weighted by Gasteiger charge is -2.11. The van der Waals surface area contributed by atoms with Gasteiger partial charge in [0.05, 0.1) is 10.6 Å². The number of nitrogens with zero attached hydrogens (tertiary/aromatic N) is 2. The van der Waals surface area contributed by atoms with Crippen molar-refractivity contribution in [2.75, 3.05) is 5.75 Å². The molecule has 19 heavy (non-hydrogen) atoms. The van der Waals surface area contributed by atoms with Crippen LogP contribution < -0.4 is 4.74 Å². The van der Waals surface area contributed by atoms with Gasteiger partial charge in [0.25, 0.3) is 0 Å². The summed E-state index contributed by atoms with van der Waals surface area (Å²) in [6, 6.07) is 6.08. The Bertz CT molecular complexity index is 646. The number of hydrogen-bond donors (Lipinski definition) is 0. The van der Waals surface area contributed by atoms with E-state index in [-0.39, 0.29) is 5.28 Å². The fraction of sp³-hybridized carbons (Fsp3) is 0.286. The van der Waals surface area contributed by atoms with Crippen molar-refractivity contribution in [1.29, 1.82) is 0 Å². The monoisotopic (exact) mass is 292 g/mol. The predicted octanol–water partition coefficient (Wildman–Crippen LogP) is 4.19. The van der Waals surface area contributed by atoms with Gasteiger partial charge in [-0.2, -0.15) is 4.98 Å². The Kier molecular flexibility index (Phi) is 3.37. The SMILES string of the molecule is Cc1ccc(Oc2nc(Cl)nc3c2SCC3)c(C)c1. The number of rotatable bonds is 2. The van der Waals surface area contributed by atoms with Crippen LogP contribution in [0.25, 0.3) is 0 Å². The van der Waals surface area contributed by atoms with E-state index in [0.717, 1.165) is 34.1 Å². The highest BCUT2D eigenvalue weighted by Gasteiger charge is 2.21. The van der Waals surface area contributed by atoms with Crippen molar-refractivity contribution < 1.29 is 4.74 Å². The van der Waals surface area contributed by atoms with Gasteiger partial charge in [0.15, 0.2) is 0 Å². The standard InChI is InChI=1S/C14H13ClN2OS/c1-8-3-4-11(9(2)7-8)18-13-12-10(5-6-19-12)16-14(15)17-13/h3-4,7H,5-6H2,1-2H3.